The number of oxime groups is 1. The third kappa shape index (κ3) is 6.65. The Morgan fingerprint density at radius 3 is 2.22 bits per heavy atom. The Hall–Kier alpha value is -1.02. The molecular weight excluding hydrogens is 249 g/mol. The van der Waals surface area contributed by atoms with Gasteiger partial charge in [-0.3, -0.25) is 0 Å². The maximum Gasteiger partial charge on any atom is 0.400 e. The van der Waals surface area contributed by atoms with Gasteiger partial charge in [-0.05, 0) is 40.7 Å². The van der Waals surface area contributed by atoms with E-state index >= 15 is 0 Å². The first-order valence-corrected chi connectivity index (χ1v) is 5.56. The largest absolute Gasteiger partial charge is 0.409 e. The van der Waals surface area contributed by atoms with Crippen LogP contribution >= 0.6 is 0 Å². The maximum absolute atomic E-state index is 12.7. The van der Waals surface area contributed by atoms with Gasteiger partial charge in [0.1, 0.15) is 5.92 Å². The fourth-order valence-electron chi connectivity index (χ4n) is 1.49. The summed E-state index contributed by atoms with van der Waals surface area (Å²) in [6.45, 7) is 1.00. The van der Waals surface area contributed by atoms with Gasteiger partial charge < -0.3 is 20.7 Å². The molecule has 0 heterocycles. The molecule has 0 rings (SSSR count). The van der Waals surface area contributed by atoms with Crippen molar-refractivity contribution in [1.82, 2.24) is 9.80 Å². The van der Waals surface area contributed by atoms with Crippen LogP contribution in [0.1, 0.15) is 6.42 Å². The van der Waals surface area contributed by atoms with Crippen LogP contribution < -0.4 is 5.73 Å². The van der Waals surface area contributed by atoms with Crippen LogP contribution in [0.3, 0.4) is 0 Å². The van der Waals surface area contributed by atoms with E-state index in [0.717, 1.165) is 13.0 Å². The van der Waals surface area contributed by atoms with E-state index < -0.39 is 17.9 Å². The SMILES string of the molecule is CN(C)CCCN(C)CC(C(N)=NO)C(F)(F)F. The van der Waals surface area contributed by atoms with Crippen molar-refractivity contribution < 1.29 is 18.4 Å². The highest BCUT2D eigenvalue weighted by Gasteiger charge is 2.43. The summed E-state index contributed by atoms with van der Waals surface area (Å²) < 4.78 is 38.0. The van der Waals surface area contributed by atoms with Gasteiger partial charge in [-0.1, -0.05) is 5.16 Å². The number of nitrogens with zero attached hydrogens (tertiary/aromatic N) is 3. The third-order valence-electron chi connectivity index (χ3n) is 2.51. The second-order valence-electron chi connectivity index (χ2n) is 4.54. The molecule has 0 saturated carbocycles. The molecule has 1 unspecified atom stereocenters. The van der Waals surface area contributed by atoms with Crippen molar-refractivity contribution >= 4 is 5.84 Å². The molecule has 0 aliphatic heterocycles. The summed E-state index contributed by atoms with van der Waals surface area (Å²) in [6, 6.07) is 0. The molecule has 108 valence electrons. The first-order chi connectivity index (χ1) is 8.18. The van der Waals surface area contributed by atoms with Crippen molar-refractivity contribution in [3.63, 3.8) is 0 Å². The zero-order valence-electron chi connectivity index (χ0n) is 10.9. The summed E-state index contributed by atoms with van der Waals surface area (Å²) >= 11 is 0. The molecule has 0 fully saturated rings. The molecule has 0 aliphatic rings. The Balaban J connectivity index is 4.33. The predicted molar refractivity (Wildman–Crippen MR) is 63.6 cm³/mol. The van der Waals surface area contributed by atoms with Gasteiger partial charge in [0, 0.05) is 6.54 Å². The summed E-state index contributed by atoms with van der Waals surface area (Å²) in [5.74, 6) is -2.74. The molecule has 0 aromatic heterocycles. The molecule has 0 amide bonds. The first-order valence-electron chi connectivity index (χ1n) is 5.56. The van der Waals surface area contributed by atoms with E-state index in [1.807, 2.05) is 19.0 Å². The zero-order chi connectivity index (χ0) is 14.3. The normalized spacial score (nSPS) is 15.4. The Morgan fingerprint density at radius 2 is 1.83 bits per heavy atom. The van der Waals surface area contributed by atoms with Gasteiger partial charge in [-0.2, -0.15) is 13.2 Å². The lowest BCUT2D eigenvalue weighted by atomic mass is 10.1. The fraction of sp³-hybridized carbons (Fsp3) is 0.900. The zero-order valence-corrected chi connectivity index (χ0v) is 10.9. The van der Waals surface area contributed by atoms with E-state index in [9.17, 15) is 13.2 Å². The molecule has 1 atom stereocenters. The van der Waals surface area contributed by atoms with Crippen molar-refractivity contribution in [3.05, 3.63) is 0 Å². The number of hydrogen-bond acceptors (Lipinski definition) is 4. The van der Waals surface area contributed by atoms with Crippen molar-refractivity contribution in [1.29, 1.82) is 0 Å². The second-order valence-corrected chi connectivity index (χ2v) is 4.54. The summed E-state index contributed by atoms with van der Waals surface area (Å²) in [5, 5.41) is 10.8. The summed E-state index contributed by atoms with van der Waals surface area (Å²) in [5.41, 5.74) is 5.07. The molecular formula is C10H21F3N4O. The number of halogens is 3. The van der Waals surface area contributed by atoms with Crippen LogP contribution in [0.15, 0.2) is 5.16 Å². The minimum Gasteiger partial charge on any atom is -0.409 e. The van der Waals surface area contributed by atoms with E-state index in [1.165, 1.54) is 4.90 Å². The third-order valence-corrected chi connectivity index (χ3v) is 2.51. The minimum absolute atomic E-state index is 0.313. The Kier molecular flexibility index (Phi) is 7.00. The van der Waals surface area contributed by atoms with E-state index in [4.69, 9.17) is 10.9 Å². The fourth-order valence-corrected chi connectivity index (χ4v) is 1.49. The lowest BCUT2D eigenvalue weighted by Gasteiger charge is -2.25. The molecule has 0 aliphatic carbocycles. The number of nitrogens with two attached hydrogens (primary N) is 1. The van der Waals surface area contributed by atoms with Crippen LogP contribution in [0, 0.1) is 5.92 Å². The van der Waals surface area contributed by atoms with Crippen LogP contribution in [0.4, 0.5) is 13.2 Å². The number of hydrogen-bond donors (Lipinski definition) is 2. The van der Waals surface area contributed by atoms with Crippen molar-refractivity contribution in [3.8, 4) is 0 Å². The molecule has 3 N–H and O–H groups in total. The molecule has 0 spiro atoms. The Morgan fingerprint density at radius 1 is 1.28 bits per heavy atom. The molecule has 0 radical (unpaired) electrons. The van der Waals surface area contributed by atoms with Gasteiger partial charge in [0.2, 0.25) is 0 Å². The van der Waals surface area contributed by atoms with Crippen LogP contribution in [0.5, 0.6) is 0 Å². The molecule has 0 aromatic rings. The van der Waals surface area contributed by atoms with E-state index in [2.05, 4.69) is 5.16 Å². The number of rotatable bonds is 7. The quantitative estimate of drug-likeness (QED) is 0.311. The molecule has 0 bridgehead atoms. The standard InChI is InChI=1S/C10H21F3N4O/c1-16(2)5-4-6-17(3)7-8(9(14)15-18)10(11,12)13/h8,18H,4-7H2,1-3H3,(H2,14,15). The van der Waals surface area contributed by atoms with Gasteiger partial charge in [0.25, 0.3) is 0 Å². The summed E-state index contributed by atoms with van der Waals surface area (Å²) in [6.07, 6.45) is -3.75. The average molecular weight is 270 g/mol. The number of alkyl halides is 3. The first kappa shape index (κ1) is 17.0. The lowest BCUT2D eigenvalue weighted by Crippen LogP contribution is -2.43. The Bertz CT molecular complexity index is 268. The molecule has 0 aromatic carbocycles. The second kappa shape index (κ2) is 7.42. The lowest BCUT2D eigenvalue weighted by molar-refractivity contribution is -0.159. The van der Waals surface area contributed by atoms with Crippen molar-refractivity contribution in [2.75, 3.05) is 40.8 Å². The molecule has 5 nitrogen and oxygen atoms in total. The van der Waals surface area contributed by atoms with Crippen molar-refractivity contribution in [2.24, 2.45) is 16.8 Å². The van der Waals surface area contributed by atoms with Gasteiger partial charge >= 0.3 is 6.18 Å². The van der Waals surface area contributed by atoms with Gasteiger partial charge in [0.05, 0.1) is 0 Å². The molecule has 0 saturated heterocycles. The average Bonchev–Trinajstić information content (AvgIpc) is 2.22. The Labute approximate surface area is 105 Å². The highest BCUT2D eigenvalue weighted by Crippen LogP contribution is 2.27. The van der Waals surface area contributed by atoms with Crippen LogP contribution in [-0.2, 0) is 0 Å². The molecule has 18 heavy (non-hydrogen) atoms. The van der Waals surface area contributed by atoms with Crippen molar-refractivity contribution in [2.45, 2.75) is 12.6 Å². The van der Waals surface area contributed by atoms with Crippen LogP contribution in [0.2, 0.25) is 0 Å². The highest BCUT2D eigenvalue weighted by atomic mass is 19.4. The van der Waals surface area contributed by atoms with E-state index in [-0.39, 0.29) is 6.54 Å². The van der Waals surface area contributed by atoms with E-state index in [0.29, 0.717) is 6.54 Å². The smallest absolute Gasteiger partial charge is 0.400 e. The summed E-state index contributed by atoms with van der Waals surface area (Å²) in [7, 11) is 5.38. The summed E-state index contributed by atoms with van der Waals surface area (Å²) in [4.78, 5) is 3.48. The maximum atomic E-state index is 12.7. The van der Waals surface area contributed by atoms with Gasteiger partial charge in [-0.15, -0.1) is 0 Å². The minimum atomic E-state index is -4.51. The number of amidine groups is 1. The van der Waals surface area contributed by atoms with Crippen LogP contribution in [-0.4, -0.2) is 67.8 Å². The topological polar surface area (TPSA) is 65.1 Å². The van der Waals surface area contributed by atoms with Gasteiger partial charge in [-0.25, -0.2) is 0 Å². The molecule has 8 heteroatoms. The monoisotopic (exact) mass is 270 g/mol. The van der Waals surface area contributed by atoms with Gasteiger partial charge in [0.15, 0.2) is 5.84 Å². The van der Waals surface area contributed by atoms with Crippen LogP contribution in [0.25, 0.3) is 0 Å². The predicted octanol–water partition coefficient (Wildman–Crippen LogP) is 0.795. The highest BCUT2D eigenvalue weighted by molar-refractivity contribution is 5.83. The van der Waals surface area contributed by atoms with E-state index in [1.54, 1.807) is 7.05 Å².